The zero-order valence-electron chi connectivity index (χ0n) is 12.0. The van der Waals surface area contributed by atoms with Crippen molar-refractivity contribution in [3.63, 3.8) is 0 Å². The molecule has 6 heteroatoms. The van der Waals surface area contributed by atoms with Gasteiger partial charge in [0.15, 0.2) is 0 Å². The summed E-state index contributed by atoms with van der Waals surface area (Å²) in [5.41, 5.74) is 1.03. The molecule has 6 nitrogen and oxygen atoms in total. The fourth-order valence-corrected chi connectivity index (χ4v) is 2.40. The second-order valence-electron chi connectivity index (χ2n) is 5.71. The zero-order chi connectivity index (χ0) is 15.6. The molecule has 1 aliphatic heterocycles. The van der Waals surface area contributed by atoms with Gasteiger partial charge in [0.05, 0.1) is 6.42 Å². The summed E-state index contributed by atoms with van der Waals surface area (Å²) >= 11 is 0. The number of nitrogens with one attached hydrogen (secondary N) is 1. The molecule has 2 N–H and O–H groups in total. The average Bonchev–Trinajstić information content (AvgIpc) is 2.41. The Morgan fingerprint density at radius 2 is 1.90 bits per heavy atom. The number of carbonyl (C=O) groups is 3. The maximum absolute atomic E-state index is 11.8. The smallest absolute Gasteiger partial charge is 0.316 e. The van der Waals surface area contributed by atoms with E-state index in [1.807, 2.05) is 13.8 Å². The van der Waals surface area contributed by atoms with Crippen molar-refractivity contribution in [1.29, 1.82) is 0 Å². The number of carbonyl (C=O) groups excluding carboxylic acids is 2. The van der Waals surface area contributed by atoms with Crippen LogP contribution in [0.15, 0.2) is 24.3 Å². The Balaban J connectivity index is 2.21. The fourth-order valence-electron chi connectivity index (χ4n) is 2.40. The monoisotopic (exact) mass is 290 g/mol. The number of anilines is 1. The molecule has 0 aliphatic carbocycles. The van der Waals surface area contributed by atoms with Crippen LogP contribution in [0.3, 0.4) is 0 Å². The summed E-state index contributed by atoms with van der Waals surface area (Å²) in [6.07, 6.45) is 0.0252. The van der Waals surface area contributed by atoms with Gasteiger partial charge in [0.1, 0.15) is 0 Å². The first-order valence-electron chi connectivity index (χ1n) is 6.73. The molecule has 0 saturated carbocycles. The largest absolute Gasteiger partial charge is 0.481 e. The summed E-state index contributed by atoms with van der Waals surface area (Å²) in [6.45, 7) is 4.57. The fraction of sp³-hybridized carbons (Fsp3) is 0.400. The lowest BCUT2D eigenvalue weighted by molar-refractivity contribution is -0.138. The quantitative estimate of drug-likeness (QED) is 0.807. The van der Waals surface area contributed by atoms with E-state index in [1.54, 1.807) is 24.3 Å². The molecule has 21 heavy (non-hydrogen) atoms. The van der Waals surface area contributed by atoms with Gasteiger partial charge in [-0.25, -0.2) is 0 Å². The molecule has 1 fully saturated rings. The second kappa shape index (κ2) is 5.55. The Kier molecular flexibility index (Phi) is 3.97. The molecule has 1 heterocycles. The molecule has 0 spiro atoms. The number of amides is 2. The van der Waals surface area contributed by atoms with Gasteiger partial charge in [-0.3, -0.25) is 14.4 Å². The van der Waals surface area contributed by atoms with E-state index in [1.165, 1.54) is 4.90 Å². The summed E-state index contributed by atoms with van der Waals surface area (Å²) in [4.78, 5) is 35.5. The van der Waals surface area contributed by atoms with E-state index < -0.39 is 23.2 Å². The highest BCUT2D eigenvalue weighted by molar-refractivity contribution is 6.41. The maximum atomic E-state index is 11.8. The van der Waals surface area contributed by atoms with Gasteiger partial charge in [0.25, 0.3) is 0 Å². The number of carboxylic acid groups (broad SMARTS) is 1. The van der Waals surface area contributed by atoms with E-state index in [-0.39, 0.29) is 6.42 Å². The number of hydrogen-bond donors (Lipinski definition) is 2. The number of rotatable bonds is 4. The van der Waals surface area contributed by atoms with Crippen LogP contribution in [0.2, 0.25) is 0 Å². The average molecular weight is 290 g/mol. The number of hydrogen-bond acceptors (Lipinski definition) is 3. The minimum atomic E-state index is -0.855. The van der Waals surface area contributed by atoms with E-state index in [4.69, 9.17) is 5.11 Å². The van der Waals surface area contributed by atoms with E-state index in [0.29, 0.717) is 18.8 Å². The van der Waals surface area contributed by atoms with Crippen LogP contribution in [0.1, 0.15) is 25.8 Å². The van der Waals surface area contributed by atoms with Crippen LogP contribution in [0.25, 0.3) is 0 Å². The number of nitrogens with zero attached hydrogens (tertiary/aromatic N) is 1. The first-order chi connectivity index (χ1) is 9.81. The van der Waals surface area contributed by atoms with Crippen LogP contribution < -0.4 is 10.2 Å². The van der Waals surface area contributed by atoms with Crippen molar-refractivity contribution < 1.29 is 19.5 Å². The van der Waals surface area contributed by atoms with Crippen molar-refractivity contribution in [2.24, 2.45) is 0 Å². The van der Waals surface area contributed by atoms with Crippen molar-refractivity contribution in [2.45, 2.75) is 25.7 Å². The van der Waals surface area contributed by atoms with Crippen LogP contribution in [0, 0.1) is 0 Å². The summed E-state index contributed by atoms with van der Waals surface area (Å²) < 4.78 is 0. The normalized spacial score (nSPS) is 15.8. The molecule has 112 valence electrons. The highest BCUT2D eigenvalue weighted by atomic mass is 16.4. The predicted octanol–water partition coefficient (Wildman–Crippen LogP) is 0.902. The Hall–Kier alpha value is -2.37. The Bertz CT molecular complexity index is 578. The Labute approximate surface area is 122 Å². The topological polar surface area (TPSA) is 86.7 Å². The van der Waals surface area contributed by atoms with E-state index in [2.05, 4.69) is 5.32 Å². The molecule has 0 atom stereocenters. The van der Waals surface area contributed by atoms with Crippen LogP contribution in [0.5, 0.6) is 0 Å². The van der Waals surface area contributed by atoms with E-state index in [0.717, 1.165) is 5.56 Å². The first-order valence-corrected chi connectivity index (χ1v) is 6.73. The number of piperazine rings is 1. The van der Waals surface area contributed by atoms with Gasteiger partial charge < -0.3 is 15.3 Å². The van der Waals surface area contributed by atoms with Crippen LogP contribution in [-0.4, -0.2) is 36.0 Å². The van der Waals surface area contributed by atoms with Gasteiger partial charge in [-0.1, -0.05) is 26.0 Å². The molecule has 0 unspecified atom stereocenters. The van der Waals surface area contributed by atoms with Gasteiger partial charge in [0.2, 0.25) is 0 Å². The molecule has 0 aromatic heterocycles. The number of benzene rings is 1. The number of carboxylic acids is 1. The zero-order valence-corrected chi connectivity index (χ0v) is 12.0. The maximum Gasteiger partial charge on any atom is 0.316 e. The Morgan fingerprint density at radius 1 is 1.29 bits per heavy atom. The molecule has 1 aromatic carbocycles. The number of aliphatic carboxylic acids is 1. The highest BCUT2D eigenvalue weighted by Crippen LogP contribution is 2.29. The minimum Gasteiger partial charge on any atom is -0.481 e. The predicted molar refractivity (Wildman–Crippen MR) is 77.1 cm³/mol. The van der Waals surface area contributed by atoms with Crippen molar-refractivity contribution >= 4 is 23.5 Å². The molecule has 1 aromatic rings. The van der Waals surface area contributed by atoms with Crippen molar-refractivity contribution in [2.75, 3.05) is 18.0 Å². The lowest BCUT2D eigenvalue weighted by atomic mass is 9.81. The summed E-state index contributed by atoms with van der Waals surface area (Å²) in [5.74, 6) is -2.03. The molecule has 0 bridgehead atoms. The molecule has 0 radical (unpaired) electrons. The van der Waals surface area contributed by atoms with Crippen molar-refractivity contribution in [3.05, 3.63) is 29.8 Å². The van der Waals surface area contributed by atoms with Gasteiger partial charge in [-0.15, -0.1) is 0 Å². The highest BCUT2D eigenvalue weighted by Gasteiger charge is 2.28. The first kappa shape index (κ1) is 15.0. The van der Waals surface area contributed by atoms with Crippen LogP contribution in [0.4, 0.5) is 5.69 Å². The van der Waals surface area contributed by atoms with Crippen LogP contribution >= 0.6 is 0 Å². The van der Waals surface area contributed by atoms with Gasteiger partial charge in [0, 0.05) is 24.2 Å². The minimum absolute atomic E-state index is 0.0252. The second-order valence-corrected chi connectivity index (χ2v) is 5.71. The van der Waals surface area contributed by atoms with Crippen molar-refractivity contribution in [3.8, 4) is 0 Å². The van der Waals surface area contributed by atoms with Gasteiger partial charge in [-0.05, 0) is 17.7 Å². The summed E-state index contributed by atoms with van der Waals surface area (Å²) in [6, 6.07) is 7.10. The summed E-state index contributed by atoms with van der Waals surface area (Å²) in [5, 5.41) is 11.4. The third kappa shape index (κ3) is 3.21. The standard InChI is InChI=1S/C15H18N2O4/c1-15(2,9-12(18)19)10-3-5-11(6-4-10)17-8-7-16-13(20)14(17)21/h3-6H,7-9H2,1-2H3,(H,16,20)(H,18,19). The molecular weight excluding hydrogens is 272 g/mol. The van der Waals surface area contributed by atoms with E-state index in [9.17, 15) is 14.4 Å². The molecule has 2 amide bonds. The molecule has 1 aliphatic rings. The molecular formula is C15H18N2O4. The van der Waals surface area contributed by atoms with Gasteiger partial charge >= 0.3 is 17.8 Å². The molecule has 1 saturated heterocycles. The van der Waals surface area contributed by atoms with Crippen molar-refractivity contribution in [1.82, 2.24) is 5.32 Å². The van der Waals surface area contributed by atoms with Gasteiger partial charge in [-0.2, -0.15) is 0 Å². The third-order valence-corrected chi connectivity index (χ3v) is 3.61. The Morgan fingerprint density at radius 3 is 2.48 bits per heavy atom. The summed E-state index contributed by atoms with van der Waals surface area (Å²) in [7, 11) is 0. The SMILES string of the molecule is CC(C)(CC(=O)O)c1ccc(N2CCNC(=O)C2=O)cc1. The lowest BCUT2D eigenvalue weighted by Crippen LogP contribution is -2.52. The van der Waals surface area contributed by atoms with E-state index >= 15 is 0 Å². The third-order valence-electron chi connectivity index (χ3n) is 3.61. The lowest BCUT2D eigenvalue weighted by Gasteiger charge is -2.28. The van der Waals surface area contributed by atoms with Crippen LogP contribution in [-0.2, 0) is 19.8 Å². The molecule has 2 rings (SSSR count).